The van der Waals surface area contributed by atoms with Crippen molar-refractivity contribution in [1.82, 2.24) is 15.1 Å². The lowest BCUT2D eigenvalue weighted by Crippen LogP contribution is -2.35. The molecule has 15 heavy (non-hydrogen) atoms. The summed E-state index contributed by atoms with van der Waals surface area (Å²) in [4.78, 5) is 4.91. The first-order valence-corrected chi connectivity index (χ1v) is 6.18. The van der Waals surface area contributed by atoms with E-state index in [1.807, 2.05) is 0 Å². The van der Waals surface area contributed by atoms with Gasteiger partial charge in [0.15, 0.2) is 0 Å². The maximum atomic E-state index is 3.30. The molecule has 0 amide bonds. The third-order valence-electron chi connectivity index (χ3n) is 3.56. The fourth-order valence-corrected chi connectivity index (χ4v) is 2.51. The van der Waals surface area contributed by atoms with Crippen LogP contribution in [0.4, 0.5) is 0 Å². The van der Waals surface area contributed by atoms with Gasteiger partial charge >= 0.3 is 0 Å². The Bertz CT molecular complexity index is 170. The molecule has 3 nitrogen and oxygen atoms in total. The lowest BCUT2D eigenvalue weighted by molar-refractivity contribution is 0.227. The molecule has 1 heterocycles. The van der Waals surface area contributed by atoms with Crippen LogP contribution in [0.1, 0.15) is 19.8 Å². The van der Waals surface area contributed by atoms with Crippen LogP contribution in [0.15, 0.2) is 0 Å². The maximum absolute atomic E-state index is 3.30. The third kappa shape index (κ3) is 4.09. The van der Waals surface area contributed by atoms with E-state index in [-0.39, 0.29) is 0 Å². The Morgan fingerprint density at radius 1 is 1.40 bits per heavy atom. The molecule has 1 rings (SSSR count). The summed E-state index contributed by atoms with van der Waals surface area (Å²) >= 11 is 0. The first-order valence-electron chi connectivity index (χ1n) is 6.18. The molecule has 0 aromatic heterocycles. The number of nitrogens with one attached hydrogen (secondary N) is 1. The number of hydrogen-bond acceptors (Lipinski definition) is 3. The minimum Gasteiger partial charge on any atom is -0.319 e. The van der Waals surface area contributed by atoms with E-state index in [0.29, 0.717) is 0 Å². The van der Waals surface area contributed by atoms with Gasteiger partial charge in [-0.05, 0) is 73.0 Å². The van der Waals surface area contributed by atoms with Crippen LogP contribution in [0.2, 0.25) is 0 Å². The Hall–Kier alpha value is -0.120. The van der Waals surface area contributed by atoms with E-state index >= 15 is 0 Å². The monoisotopic (exact) mass is 213 g/mol. The second-order valence-corrected chi connectivity index (χ2v) is 5.04. The van der Waals surface area contributed by atoms with E-state index in [0.717, 1.165) is 12.0 Å². The normalized spacial score (nSPS) is 27.8. The van der Waals surface area contributed by atoms with Crippen molar-refractivity contribution < 1.29 is 0 Å². The summed E-state index contributed by atoms with van der Waals surface area (Å²) in [7, 11) is 6.36. The highest BCUT2D eigenvalue weighted by molar-refractivity contribution is 4.84. The minimum atomic E-state index is 0.764. The molecule has 0 bridgehead atoms. The summed E-state index contributed by atoms with van der Waals surface area (Å²) < 4.78 is 0. The molecule has 0 spiro atoms. The lowest BCUT2D eigenvalue weighted by Gasteiger charge is -2.25. The summed E-state index contributed by atoms with van der Waals surface area (Å²) in [5.41, 5.74) is 0. The summed E-state index contributed by atoms with van der Waals surface area (Å²) in [6.45, 7) is 7.32. The van der Waals surface area contributed by atoms with E-state index in [4.69, 9.17) is 0 Å². The van der Waals surface area contributed by atoms with Crippen LogP contribution in [0.25, 0.3) is 0 Å². The molecule has 0 aromatic carbocycles. The summed E-state index contributed by atoms with van der Waals surface area (Å²) in [6, 6.07) is 0.764. The van der Waals surface area contributed by atoms with Gasteiger partial charge < -0.3 is 15.1 Å². The fraction of sp³-hybridized carbons (Fsp3) is 1.00. The van der Waals surface area contributed by atoms with Gasteiger partial charge in [0, 0.05) is 6.04 Å². The van der Waals surface area contributed by atoms with E-state index in [1.54, 1.807) is 0 Å². The van der Waals surface area contributed by atoms with E-state index in [9.17, 15) is 0 Å². The highest BCUT2D eigenvalue weighted by Crippen LogP contribution is 2.23. The largest absolute Gasteiger partial charge is 0.319 e. The predicted molar refractivity (Wildman–Crippen MR) is 66.2 cm³/mol. The van der Waals surface area contributed by atoms with Crippen molar-refractivity contribution in [3.8, 4) is 0 Å². The van der Waals surface area contributed by atoms with E-state index in [1.165, 1.54) is 39.0 Å². The summed E-state index contributed by atoms with van der Waals surface area (Å²) in [5.74, 6) is 0.856. The first-order chi connectivity index (χ1) is 7.15. The number of likely N-dealkylation sites (tertiary alicyclic amines) is 1. The molecular weight excluding hydrogens is 186 g/mol. The molecule has 2 unspecified atom stereocenters. The van der Waals surface area contributed by atoms with Crippen molar-refractivity contribution in [2.75, 3.05) is 47.3 Å². The molecule has 1 fully saturated rings. The predicted octanol–water partition coefficient (Wildman–Crippen LogP) is 0.868. The average Bonchev–Trinajstić information content (AvgIpc) is 2.50. The molecule has 0 radical (unpaired) electrons. The average molecular weight is 213 g/mol. The number of hydrogen-bond donors (Lipinski definition) is 1. The van der Waals surface area contributed by atoms with Crippen LogP contribution in [0, 0.1) is 5.92 Å². The molecule has 0 aliphatic carbocycles. The molecule has 1 aliphatic rings. The molecule has 90 valence electrons. The molecule has 3 heteroatoms. The zero-order valence-electron chi connectivity index (χ0n) is 10.8. The molecule has 1 saturated heterocycles. The van der Waals surface area contributed by atoms with Gasteiger partial charge in [-0.3, -0.25) is 0 Å². The molecule has 2 atom stereocenters. The zero-order chi connectivity index (χ0) is 11.3. The summed E-state index contributed by atoms with van der Waals surface area (Å²) in [6.07, 6.45) is 2.66. The Morgan fingerprint density at radius 2 is 2.13 bits per heavy atom. The molecular formula is C12H27N3. The van der Waals surface area contributed by atoms with Gasteiger partial charge in [0.25, 0.3) is 0 Å². The van der Waals surface area contributed by atoms with Gasteiger partial charge in [-0.2, -0.15) is 0 Å². The Kier molecular flexibility index (Phi) is 5.58. The van der Waals surface area contributed by atoms with E-state index < -0.39 is 0 Å². The maximum Gasteiger partial charge on any atom is 0.0108 e. The lowest BCUT2D eigenvalue weighted by atomic mass is 10.0. The Labute approximate surface area is 94.8 Å². The second kappa shape index (κ2) is 6.46. The molecule has 0 aromatic rings. The van der Waals surface area contributed by atoms with Crippen molar-refractivity contribution in [1.29, 1.82) is 0 Å². The molecule has 1 aliphatic heterocycles. The van der Waals surface area contributed by atoms with E-state index in [2.05, 4.69) is 43.2 Å². The second-order valence-electron chi connectivity index (χ2n) is 5.04. The topological polar surface area (TPSA) is 18.5 Å². The van der Waals surface area contributed by atoms with Crippen molar-refractivity contribution >= 4 is 0 Å². The minimum absolute atomic E-state index is 0.764. The highest BCUT2D eigenvalue weighted by atomic mass is 15.2. The van der Waals surface area contributed by atoms with Crippen LogP contribution >= 0.6 is 0 Å². The van der Waals surface area contributed by atoms with Crippen molar-refractivity contribution in [3.05, 3.63) is 0 Å². The van der Waals surface area contributed by atoms with Crippen LogP contribution in [0.5, 0.6) is 0 Å². The number of rotatable bonds is 6. The quantitative estimate of drug-likeness (QED) is 0.706. The van der Waals surface area contributed by atoms with Gasteiger partial charge in [0.05, 0.1) is 0 Å². The van der Waals surface area contributed by atoms with Gasteiger partial charge in [-0.25, -0.2) is 0 Å². The SMILES string of the molecule is CNCC1CCN(CCCN(C)C)C1C. The van der Waals surface area contributed by atoms with Crippen molar-refractivity contribution in [2.24, 2.45) is 5.92 Å². The Balaban J connectivity index is 2.20. The van der Waals surface area contributed by atoms with Crippen LogP contribution in [0.3, 0.4) is 0 Å². The van der Waals surface area contributed by atoms with Crippen molar-refractivity contribution in [2.45, 2.75) is 25.8 Å². The van der Waals surface area contributed by atoms with Crippen LogP contribution in [-0.4, -0.2) is 63.2 Å². The highest BCUT2D eigenvalue weighted by Gasteiger charge is 2.29. The number of nitrogens with zero attached hydrogens (tertiary/aromatic N) is 2. The first kappa shape index (κ1) is 12.9. The zero-order valence-corrected chi connectivity index (χ0v) is 10.8. The fourth-order valence-electron chi connectivity index (χ4n) is 2.51. The van der Waals surface area contributed by atoms with Gasteiger partial charge in [-0.1, -0.05) is 0 Å². The summed E-state index contributed by atoms with van der Waals surface area (Å²) in [5, 5.41) is 3.30. The standard InChI is InChI=1S/C12H27N3/c1-11-12(10-13-2)6-9-15(11)8-5-7-14(3)4/h11-13H,5-10H2,1-4H3. The van der Waals surface area contributed by atoms with Gasteiger partial charge in [-0.15, -0.1) is 0 Å². The smallest absolute Gasteiger partial charge is 0.0108 e. The van der Waals surface area contributed by atoms with Gasteiger partial charge in [0.1, 0.15) is 0 Å². The van der Waals surface area contributed by atoms with Crippen molar-refractivity contribution in [3.63, 3.8) is 0 Å². The molecule has 0 saturated carbocycles. The van der Waals surface area contributed by atoms with Crippen LogP contribution < -0.4 is 5.32 Å². The third-order valence-corrected chi connectivity index (χ3v) is 3.56. The molecule has 1 N–H and O–H groups in total. The van der Waals surface area contributed by atoms with Crippen LogP contribution in [-0.2, 0) is 0 Å². The van der Waals surface area contributed by atoms with Gasteiger partial charge in [0.2, 0.25) is 0 Å². The Morgan fingerprint density at radius 3 is 2.73 bits per heavy atom.